The number of hydrogen-bond donors (Lipinski definition) is 0. The van der Waals surface area contributed by atoms with E-state index in [2.05, 4.69) is 20.8 Å². The van der Waals surface area contributed by atoms with Crippen molar-refractivity contribution in [1.29, 1.82) is 0 Å². The number of hydrogen-bond acceptors (Lipinski definition) is 1. The molecule has 0 aliphatic heterocycles. The standard InChI is InChI=1S/C18H36O/c1-4-6-8-9-10-11-13-15-18(19)16-17(3)14-12-7-5-2/h17H,4-16H2,1-3H3. The number of ketones is 1. The van der Waals surface area contributed by atoms with E-state index in [1.807, 2.05) is 0 Å². The summed E-state index contributed by atoms with van der Waals surface area (Å²) in [5.74, 6) is 1.10. The Morgan fingerprint density at radius 3 is 1.95 bits per heavy atom. The van der Waals surface area contributed by atoms with Gasteiger partial charge in [0.1, 0.15) is 5.78 Å². The lowest BCUT2D eigenvalue weighted by molar-refractivity contribution is -0.120. The second-order valence-corrected chi connectivity index (χ2v) is 6.22. The van der Waals surface area contributed by atoms with E-state index in [-0.39, 0.29) is 0 Å². The highest BCUT2D eigenvalue weighted by Crippen LogP contribution is 2.16. The third-order valence-corrected chi connectivity index (χ3v) is 3.94. The Labute approximate surface area is 121 Å². The van der Waals surface area contributed by atoms with Crippen molar-refractivity contribution in [1.82, 2.24) is 0 Å². The van der Waals surface area contributed by atoms with E-state index < -0.39 is 0 Å². The van der Waals surface area contributed by atoms with Crippen LogP contribution in [-0.4, -0.2) is 5.78 Å². The van der Waals surface area contributed by atoms with Crippen LogP contribution in [0.1, 0.15) is 104 Å². The summed E-state index contributed by atoms with van der Waals surface area (Å²) in [7, 11) is 0. The minimum atomic E-state index is 0.498. The van der Waals surface area contributed by atoms with Crippen molar-refractivity contribution >= 4 is 5.78 Å². The second-order valence-electron chi connectivity index (χ2n) is 6.22. The Bertz CT molecular complexity index is 198. The molecule has 0 aliphatic rings. The molecule has 0 saturated carbocycles. The van der Waals surface area contributed by atoms with Crippen LogP contribution in [0.15, 0.2) is 0 Å². The summed E-state index contributed by atoms with van der Waals surface area (Å²) in [5, 5.41) is 0. The third kappa shape index (κ3) is 13.9. The Morgan fingerprint density at radius 2 is 1.32 bits per heavy atom. The molecule has 114 valence electrons. The van der Waals surface area contributed by atoms with E-state index in [1.54, 1.807) is 0 Å². The molecule has 0 bridgehead atoms. The van der Waals surface area contributed by atoms with E-state index in [0.717, 1.165) is 19.3 Å². The fraction of sp³-hybridized carbons (Fsp3) is 0.944. The molecule has 1 heteroatoms. The van der Waals surface area contributed by atoms with Crippen molar-refractivity contribution in [3.8, 4) is 0 Å². The quantitative estimate of drug-likeness (QED) is 0.338. The molecule has 0 heterocycles. The highest BCUT2D eigenvalue weighted by Gasteiger charge is 2.08. The summed E-state index contributed by atoms with van der Waals surface area (Å²) in [4.78, 5) is 11.8. The molecule has 0 rings (SSSR count). The highest BCUT2D eigenvalue weighted by atomic mass is 16.1. The maximum absolute atomic E-state index is 11.8. The zero-order valence-electron chi connectivity index (χ0n) is 13.7. The Morgan fingerprint density at radius 1 is 0.789 bits per heavy atom. The van der Waals surface area contributed by atoms with Gasteiger partial charge in [0.2, 0.25) is 0 Å². The number of rotatable bonds is 14. The molecule has 0 aliphatic carbocycles. The van der Waals surface area contributed by atoms with Gasteiger partial charge in [-0.2, -0.15) is 0 Å². The smallest absolute Gasteiger partial charge is 0.133 e. The summed E-state index contributed by atoms with van der Waals surface area (Å²) in [6.45, 7) is 6.72. The molecule has 0 aromatic carbocycles. The molecule has 1 nitrogen and oxygen atoms in total. The van der Waals surface area contributed by atoms with Gasteiger partial charge in [-0.15, -0.1) is 0 Å². The van der Waals surface area contributed by atoms with Crippen LogP contribution < -0.4 is 0 Å². The average Bonchev–Trinajstić information content (AvgIpc) is 2.38. The maximum Gasteiger partial charge on any atom is 0.133 e. The minimum absolute atomic E-state index is 0.498. The number of Topliss-reactive ketones (excluding diaryl/α,β-unsaturated/α-hetero) is 1. The molecule has 0 fully saturated rings. The lowest BCUT2D eigenvalue weighted by Crippen LogP contribution is -2.05. The van der Waals surface area contributed by atoms with E-state index in [4.69, 9.17) is 0 Å². The first-order valence-electron chi connectivity index (χ1n) is 8.72. The lowest BCUT2D eigenvalue weighted by atomic mass is 9.95. The molecule has 0 amide bonds. The first-order valence-corrected chi connectivity index (χ1v) is 8.72. The van der Waals surface area contributed by atoms with Crippen molar-refractivity contribution in [2.45, 2.75) is 104 Å². The zero-order valence-corrected chi connectivity index (χ0v) is 13.7. The topological polar surface area (TPSA) is 17.1 Å². The fourth-order valence-corrected chi connectivity index (χ4v) is 2.61. The molecule has 0 spiro atoms. The first kappa shape index (κ1) is 18.7. The van der Waals surface area contributed by atoms with E-state index >= 15 is 0 Å². The predicted octanol–water partition coefficient (Wildman–Crippen LogP) is 6.30. The van der Waals surface area contributed by atoms with Gasteiger partial charge in [0.15, 0.2) is 0 Å². The molecular weight excluding hydrogens is 232 g/mol. The van der Waals surface area contributed by atoms with Crippen LogP contribution in [0.5, 0.6) is 0 Å². The number of carbonyl (C=O) groups is 1. The van der Waals surface area contributed by atoms with Crippen molar-refractivity contribution in [2.75, 3.05) is 0 Å². The van der Waals surface area contributed by atoms with Gasteiger partial charge in [0, 0.05) is 12.8 Å². The molecule has 1 unspecified atom stereocenters. The second kappa shape index (κ2) is 14.1. The van der Waals surface area contributed by atoms with Gasteiger partial charge in [-0.25, -0.2) is 0 Å². The normalized spacial score (nSPS) is 12.6. The van der Waals surface area contributed by atoms with Crippen molar-refractivity contribution in [3.63, 3.8) is 0 Å². The third-order valence-electron chi connectivity index (χ3n) is 3.94. The van der Waals surface area contributed by atoms with Gasteiger partial charge >= 0.3 is 0 Å². The molecule has 0 radical (unpaired) electrons. The van der Waals surface area contributed by atoms with Crippen LogP contribution in [0.3, 0.4) is 0 Å². The van der Waals surface area contributed by atoms with E-state index in [9.17, 15) is 4.79 Å². The van der Waals surface area contributed by atoms with Crippen molar-refractivity contribution in [2.24, 2.45) is 5.92 Å². The average molecular weight is 268 g/mol. The van der Waals surface area contributed by atoms with E-state index in [0.29, 0.717) is 11.7 Å². The Hall–Kier alpha value is -0.330. The molecule has 0 aromatic heterocycles. The largest absolute Gasteiger partial charge is 0.300 e. The summed E-state index contributed by atoms with van der Waals surface area (Å²) >= 11 is 0. The van der Waals surface area contributed by atoms with Gasteiger partial charge in [-0.1, -0.05) is 85.0 Å². The summed E-state index contributed by atoms with van der Waals surface area (Å²) < 4.78 is 0. The van der Waals surface area contributed by atoms with Crippen molar-refractivity contribution in [3.05, 3.63) is 0 Å². The monoisotopic (exact) mass is 268 g/mol. The molecule has 19 heavy (non-hydrogen) atoms. The van der Waals surface area contributed by atoms with E-state index in [1.165, 1.54) is 64.2 Å². The predicted molar refractivity (Wildman–Crippen MR) is 85.5 cm³/mol. The highest BCUT2D eigenvalue weighted by molar-refractivity contribution is 5.78. The molecule has 0 saturated heterocycles. The summed E-state index contributed by atoms with van der Waals surface area (Å²) in [6.07, 6.45) is 15.9. The van der Waals surface area contributed by atoms with Gasteiger partial charge in [0.25, 0.3) is 0 Å². The van der Waals surface area contributed by atoms with Crippen LogP contribution in [0.2, 0.25) is 0 Å². The van der Waals surface area contributed by atoms with Crippen LogP contribution >= 0.6 is 0 Å². The van der Waals surface area contributed by atoms with Gasteiger partial charge in [0.05, 0.1) is 0 Å². The first-order chi connectivity index (χ1) is 9.20. The van der Waals surface area contributed by atoms with Crippen LogP contribution in [-0.2, 0) is 4.79 Å². The Kier molecular flexibility index (Phi) is 13.8. The molecule has 0 aromatic rings. The lowest BCUT2D eigenvalue weighted by Gasteiger charge is -2.10. The van der Waals surface area contributed by atoms with Crippen LogP contribution in [0.4, 0.5) is 0 Å². The minimum Gasteiger partial charge on any atom is -0.300 e. The van der Waals surface area contributed by atoms with Gasteiger partial charge in [-0.3, -0.25) is 4.79 Å². The SMILES string of the molecule is CCCCCCCCCC(=O)CC(C)CCCCC. The van der Waals surface area contributed by atoms with Crippen LogP contribution in [0.25, 0.3) is 0 Å². The Balaban J connectivity index is 3.33. The maximum atomic E-state index is 11.8. The van der Waals surface area contributed by atoms with Crippen LogP contribution in [0, 0.1) is 5.92 Å². The zero-order chi connectivity index (χ0) is 14.3. The molecule has 0 N–H and O–H groups in total. The van der Waals surface area contributed by atoms with Gasteiger partial charge in [-0.05, 0) is 12.3 Å². The molecule has 1 atom stereocenters. The fourth-order valence-electron chi connectivity index (χ4n) is 2.61. The van der Waals surface area contributed by atoms with Crippen molar-refractivity contribution < 1.29 is 4.79 Å². The summed E-state index contributed by atoms with van der Waals surface area (Å²) in [6, 6.07) is 0. The molecular formula is C18H36O. The number of unbranched alkanes of at least 4 members (excludes halogenated alkanes) is 8. The number of carbonyl (C=O) groups excluding carboxylic acids is 1. The summed E-state index contributed by atoms with van der Waals surface area (Å²) in [5.41, 5.74) is 0. The van der Waals surface area contributed by atoms with Gasteiger partial charge < -0.3 is 0 Å².